The van der Waals surface area contributed by atoms with Crippen LogP contribution in [-0.4, -0.2) is 17.7 Å². The highest BCUT2D eigenvalue weighted by atomic mass is 16.5. The first-order chi connectivity index (χ1) is 8.19. The zero-order chi connectivity index (χ0) is 12.7. The predicted molar refractivity (Wildman–Crippen MR) is 67.3 cm³/mol. The van der Waals surface area contributed by atoms with Crippen LogP contribution in [0.4, 0.5) is 0 Å². The van der Waals surface area contributed by atoms with Gasteiger partial charge in [0.25, 0.3) is 0 Å². The lowest BCUT2D eigenvalue weighted by Gasteiger charge is -2.07. The normalized spacial score (nSPS) is 10.2. The number of phenols is 1. The van der Waals surface area contributed by atoms with Crippen LogP contribution in [0.5, 0.6) is 5.75 Å². The third-order valence-corrected chi connectivity index (χ3v) is 2.63. The van der Waals surface area contributed by atoms with Gasteiger partial charge in [-0.3, -0.25) is 0 Å². The molecule has 3 nitrogen and oxygen atoms in total. The van der Waals surface area contributed by atoms with Crippen LogP contribution < -0.4 is 0 Å². The maximum Gasteiger partial charge on any atom is 0.341 e. The van der Waals surface area contributed by atoms with Crippen molar-refractivity contribution in [2.75, 3.05) is 6.61 Å². The SMILES string of the molecule is CCCCCc1ccc(O)c(C(=O)OCC)c1. The summed E-state index contributed by atoms with van der Waals surface area (Å²) < 4.78 is 4.89. The maximum absolute atomic E-state index is 11.6. The van der Waals surface area contributed by atoms with E-state index in [1.165, 1.54) is 12.8 Å². The third kappa shape index (κ3) is 4.10. The summed E-state index contributed by atoms with van der Waals surface area (Å²) in [4.78, 5) is 11.6. The lowest BCUT2D eigenvalue weighted by Crippen LogP contribution is -2.05. The first-order valence-electron chi connectivity index (χ1n) is 6.18. The van der Waals surface area contributed by atoms with Crippen molar-refractivity contribution >= 4 is 5.97 Å². The minimum Gasteiger partial charge on any atom is -0.507 e. The molecule has 0 amide bonds. The predicted octanol–water partition coefficient (Wildman–Crippen LogP) is 3.30. The lowest BCUT2D eigenvalue weighted by molar-refractivity contribution is 0.0523. The quantitative estimate of drug-likeness (QED) is 0.609. The first-order valence-corrected chi connectivity index (χ1v) is 6.18. The largest absolute Gasteiger partial charge is 0.507 e. The molecule has 17 heavy (non-hydrogen) atoms. The van der Waals surface area contributed by atoms with E-state index < -0.39 is 5.97 Å². The minimum absolute atomic E-state index is 0.0114. The van der Waals surface area contributed by atoms with Crippen LogP contribution in [0.15, 0.2) is 18.2 Å². The van der Waals surface area contributed by atoms with Gasteiger partial charge in [-0.1, -0.05) is 25.8 Å². The van der Waals surface area contributed by atoms with Gasteiger partial charge in [-0.25, -0.2) is 4.79 Å². The molecule has 0 atom stereocenters. The summed E-state index contributed by atoms with van der Waals surface area (Å²) in [5.74, 6) is -0.468. The zero-order valence-corrected chi connectivity index (χ0v) is 10.5. The Balaban J connectivity index is 2.75. The average Bonchev–Trinajstić information content (AvgIpc) is 2.32. The number of benzene rings is 1. The number of hydrogen-bond acceptors (Lipinski definition) is 3. The van der Waals surface area contributed by atoms with Crippen LogP contribution in [0, 0.1) is 0 Å². The van der Waals surface area contributed by atoms with E-state index >= 15 is 0 Å². The van der Waals surface area contributed by atoms with Crippen molar-refractivity contribution in [2.45, 2.75) is 39.5 Å². The van der Waals surface area contributed by atoms with Gasteiger partial charge in [0.05, 0.1) is 6.61 Å². The summed E-state index contributed by atoms with van der Waals surface area (Å²) in [5, 5.41) is 9.60. The summed E-state index contributed by atoms with van der Waals surface area (Å²) in [7, 11) is 0. The lowest BCUT2D eigenvalue weighted by atomic mass is 10.0. The molecule has 0 saturated carbocycles. The van der Waals surface area contributed by atoms with Gasteiger partial charge in [-0.15, -0.1) is 0 Å². The fourth-order valence-corrected chi connectivity index (χ4v) is 1.69. The van der Waals surface area contributed by atoms with Crippen molar-refractivity contribution in [2.24, 2.45) is 0 Å². The Morgan fingerprint density at radius 3 is 2.71 bits per heavy atom. The highest BCUT2D eigenvalue weighted by molar-refractivity contribution is 5.92. The molecule has 0 saturated heterocycles. The number of ether oxygens (including phenoxy) is 1. The molecule has 1 rings (SSSR count). The molecule has 0 bridgehead atoms. The van der Waals surface area contributed by atoms with Crippen molar-refractivity contribution in [3.63, 3.8) is 0 Å². The fourth-order valence-electron chi connectivity index (χ4n) is 1.69. The molecule has 0 aromatic heterocycles. The molecular formula is C14H20O3. The molecule has 0 unspecified atom stereocenters. The molecule has 0 heterocycles. The van der Waals surface area contributed by atoms with Crippen LogP contribution in [0.3, 0.4) is 0 Å². The third-order valence-electron chi connectivity index (χ3n) is 2.63. The van der Waals surface area contributed by atoms with Gasteiger partial charge >= 0.3 is 5.97 Å². The number of aryl methyl sites for hydroxylation is 1. The van der Waals surface area contributed by atoms with E-state index in [2.05, 4.69) is 6.92 Å². The van der Waals surface area contributed by atoms with E-state index in [9.17, 15) is 9.90 Å². The Kier molecular flexibility index (Phi) is 5.53. The van der Waals surface area contributed by atoms with E-state index in [4.69, 9.17) is 4.74 Å². The number of unbranched alkanes of at least 4 members (excludes halogenated alkanes) is 2. The summed E-state index contributed by atoms with van der Waals surface area (Å²) >= 11 is 0. The van der Waals surface area contributed by atoms with E-state index in [-0.39, 0.29) is 11.3 Å². The molecule has 94 valence electrons. The van der Waals surface area contributed by atoms with Crippen molar-refractivity contribution in [3.8, 4) is 5.75 Å². The molecule has 0 fully saturated rings. The second kappa shape index (κ2) is 6.94. The number of carbonyl (C=O) groups excluding carboxylic acids is 1. The second-order valence-corrected chi connectivity index (χ2v) is 4.03. The van der Waals surface area contributed by atoms with Crippen molar-refractivity contribution in [1.29, 1.82) is 0 Å². The van der Waals surface area contributed by atoms with E-state index in [0.29, 0.717) is 6.61 Å². The monoisotopic (exact) mass is 236 g/mol. The number of esters is 1. The molecular weight excluding hydrogens is 216 g/mol. The van der Waals surface area contributed by atoms with Crippen LogP contribution in [-0.2, 0) is 11.2 Å². The first kappa shape index (κ1) is 13.6. The molecule has 0 radical (unpaired) electrons. The van der Waals surface area contributed by atoms with Crippen molar-refractivity contribution < 1.29 is 14.6 Å². The molecule has 0 aliphatic carbocycles. The van der Waals surface area contributed by atoms with Crippen LogP contribution in [0.25, 0.3) is 0 Å². The van der Waals surface area contributed by atoms with Gasteiger partial charge in [-0.2, -0.15) is 0 Å². The number of carbonyl (C=O) groups is 1. The Morgan fingerprint density at radius 2 is 2.06 bits per heavy atom. The van der Waals surface area contributed by atoms with Crippen molar-refractivity contribution in [3.05, 3.63) is 29.3 Å². The highest BCUT2D eigenvalue weighted by Gasteiger charge is 2.12. The van der Waals surface area contributed by atoms with E-state index in [0.717, 1.165) is 18.4 Å². The van der Waals surface area contributed by atoms with Crippen LogP contribution >= 0.6 is 0 Å². The van der Waals surface area contributed by atoms with Gasteiger partial charge < -0.3 is 9.84 Å². The molecule has 0 aliphatic rings. The van der Waals surface area contributed by atoms with Crippen LogP contribution in [0.2, 0.25) is 0 Å². The summed E-state index contributed by atoms with van der Waals surface area (Å²) in [5.41, 5.74) is 1.33. The Bertz CT molecular complexity index is 372. The van der Waals surface area contributed by atoms with Gasteiger partial charge in [0.2, 0.25) is 0 Å². The smallest absolute Gasteiger partial charge is 0.341 e. The fraction of sp³-hybridized carbons (Fsp3) is 0.500. The highest BCUT2D eigenvalue weighted by Crippen LogP contribution is 2.20. The van der Waals surface area contributed by atoms with Gasteiger partial charge in [0.15, 0.2) is 0 Å². The number of rotatable bonds is 6. The molecule has 3 heteroatoms. The van der Waals surface area contributed by atoms with E-state index in [1.807, 2.05) is 6.07 Å². The van der Waals surface area contributed by atoms with Crippen LogP contribution in [0.1, 0.15) is 49.0 Å². The average molecular weight is 236 g/mol. The summed E-state index contributed by atoms with van der Waals surface area (Å²) in [6, 6.07) is 5.14. The number of aromatic hydroxyl groups is 1. The Labute approximate surface area is 102 Å². The number of hydrogen-bond donors (Lipinski definition) is 1. The minimum atomic E-state index is -0.456. The molecule has 1 aromatic rings. The Morgan fingerprint density at radius 1 is 1.29 bits per heavy atom. The second-order valence-electron chi connectivity index (χ2n) is 4.03. The Hall–Kier alpha value is -1.51. The van der Waals surface area contributed by atoms with Gasteiger partial charge in [-0.05, 0) is 37.5 Å². The molecule has 1 N–H and O–H groups in total. The van der Waals surface area contributed by atoms with Gasteiger partial charge in [0.1, 0.15) is 11.3 Å². The maximum atomic E-state index is 11.6. The molecule has 0 spiro atoms. The standard InChI is InChI=1S/C14H20O3/c1-3-5-6-7-11-8-9-13(15)12(10-11)14(16)17-4-2/h8-10,15H,3-7H2,1-2H3. The summed E-state index contributed by atoms with van der Waals surface area (Å²) in [6.45, 7) is 4.22. The van der Waals surface area contributed by atoms with Gasteiger partial charge in [0, 0.05) is 0 Å². The topological polar surface area (TPSA) is 46.5 Å². The summed E-state index contributed by atoms with van der Waals surface area (Å²) in [6.07, 6.45) is 4.38. The van der Waals surface area contributed by atoms with E-state index in [1.54, 1.807) is 19.1 Å². The molecule has 1 aromatic carbocycles. The zero-order valence-electron chi connectivity index (χ0n) is 10.5. The molecule has 0 aliphatic heterocycles. The van der Waals surface area contributed by atoms with Crippen molar-refractivity contribution in [1.82, 2.24) is 0 Å². The number of phenolic OH excluding ortho intramolecular Hbond substituents is 1.